The van der Waals surface area contributed by atoms with E-state index in [9.17, 15) is 3.74 Å². The monoisotopic (exact) mass is 162 g/mol. The average molecular weight is 162 g/mol. The van der Waals surface area contributed by atoms with Crippen LogP contribution in [0.1, 0.15) is 1.43 Å². The van der Waals surface area contributed by atoms with Crippen molar-refractivity contribution in [3.05, 3.63) is 0 Å². The van der Waals surface area contributed by atoms with Gasteiger partial charge in [-0.05, 0) is 0 Å². The Morgan fingerprint density at radius 2 is 1.67 bits per heavy atom. The van der Waals surface area contributed by atoms with Crippen LogP contribution < -0.4 is 29.6 Å². The van der Waals surface area contributed by atoms with Crippen LogP contribution in [-0.2, 0) is 3.74 Å². The van der Waals surface area contributed by atoms with Gasteiger partial charge in [-0.2, -0.15) is 0 Å². The third kappa shape index (κ3) is 57.1. The molecule has 0 atom stereocenters. The molecule has 0 aliphatic carbocycles. The van der Waals surface area contributed by atoms with E-state index in [4.69, 9.17) is 4.10 Å². The maximum atomic E-state index is 9.83. The maximum Gasteiger partial charge on any atom is 1.00 e. The summed E-state index contributed by atoms with van der Waals surface area (Å²) in [6.07, 6.45) is 0. The Balaban J connectivity index is -0.0000000800. The first kappa shape index (κ1) is 10.3. The van der Waals surface area contributed by atoms with E-state index in [0.717, 1.165) is 0 Å². The number of hydrogen-bond acceptors (Lipinski definition) is 1. The van der Waals surface area contributed by atoms with Gasteiger partial charge in [-0.25, -0.2) is 0 Å². The Labute approximate surface area is 63.7 Å². The molecule has 0 aliphatic heterocycles. The average Bonchev–Trinajstić information content (AvgIpc) is 0.722. The molecule has 0 spiro atoms. The van der Waals surface area contributed by atoms with Gasteiger partial charge in [0, 0.05) is 0 Å². The van der Waals surface area contributed by atoms with Crippen molar-refractivity contribution in [1.29, 1.82) is 0 Å². The Kier molecular flexibility index (Phi) is 5.74. The van der Waals surface area contributed by atoms with Crippen molar-refractivity contribution in [3.63, 3.8) is 0 Å². The first-order valence-electron chi connectivity index (χ1n) is 1.28. The van der Waals surface area contributed by atoms with E-state index in [-0.39, 0.29) is 31.0 Å². The summed E-state index contributed by atoms with van der Waals surface area (Å²) in [7, 11) is 0. The standard InChI is InChI=1S/C2H7AsO2.Na.H/c1-3(2,4)5;;/h1-2H3,(H,4,5);;/q;+1;-1. The van der Waals surface area contributed by atoms with Crippen LogP contribution in [0.15, 0.2) is 0 Å². The minimum atomic E-state index is -3.12. The zero-order valence-corrected chi connectivity index (χ0v) is 8.18. The van der Waals surface area contributed by atoms with E-state index in [1.54, 1.807) is 0 Å². The second kappa shape index (κ2) is 3.34. The molecule has 2 nitrogen and oxygen atoms in total. The zero-order valence-electron chi connectivity index (χ0n) is 5.30. The molecule has 0 radical (unpaired) electrons. The minimum absolute atomic E-state index is 0. The molecular formula is C2H8AsNaO2. The summed E-state index contributed by atoms with van der Waals surface area (Å²) in [5.74, 6) is 0. The van der Waals surface area contributed by atoms with E-state index >= 15 is 0 Å². The van der Waals surface area contributed by atoms with Gasteiger partial charge < -0.3 is 1.43 Å². The molecule has 0 unspecified atom stereocenters. The first-order valence-corrected chi connectivity index (χ1v) is 6.64. The van der Waals surface area contributed by atoms with Crippen LogP contribution in [0.25, 0.3) is 0 Å². The largest absolute Gasteiger partial charge is 1.00 e. The van der Waals surface area contributed by atoms with E-state index in [0.29, 0.717) is 0 Å². The van der Waals surface area contributed by atoms with E-state index < -0.39 is 13.8 Å². The van der Waals surface area contributed by atoms with Gasteiger partial charge in [-0.15, -0.1) is 0 Å². The topological polar surface area (TPSA) is 37.3 Å². The fraction of sp³-hybridized carbons (Fsp3) is 1.00. The molecule has 0 heterocycles. The third-order valence-electron chi connectivity index (χ3n) is 0. The van der Waals surface area contributed by atoms with Gasteiger partial charge in [-0.1, -0.05) is 0 Å². The van der Waals surface area contributed by atoms with Crippen molar-refractivity contribution in [1.82, 2.24) is 0 Å². The van der Waals surface area contributed by atoms with Crippen molar-refractivity contribution < 1.29 is 38.8 Å². The van der Waals surface area contributed by atoms with E-state index in [1.807, 2.05) is 0 Å². The molecule has 0 saturated heterocycles. The fourth-order valence-electron chi connectivity index (χ4n) is 0. The molecule has 1 N–H and O–H groups in total. The summed E-state index contributed by atoms with van der Waals surface area (Å²) in [6, 6.07) is 0. The number of rotatable bonds is 0. The molecule has 0 aromatic carbocycles. The summed E-state index contributed by atoms with van der Waals surface area (Å²) >= 11 is -3.12. The third-order valence-corrected chi connectivity index (χ3v) is 0. The van der Waals surface area contributed by atoms with Gasteiger partial charge in [0.2, 0.25) is 0 Å². The molecule has 0 aromatic heterocycles. The molecule has 0 bridgehead atoms. The van der Waals surface area contributed by atoms with E-state index in [2.05, 4.69) is 0 Å². The van der Waals surface area contributed by atoms with Crippen molar-refractivity contribution in [2.45, 2.75) is 11.4 Å². The summed E-state index contributed by atoms with van der Waals surface area (Å²) in [6.45, 7) is 0. The van der Waals surface area contributed by atoms with Crippen molar-refractivity contribution in [2.24, 2.45) is 0 Å². The van der Waals surface area contributed by atoms with Crippen LogP contribution in [0.5, 0.6) is 0 Å². The van der Waals surface area contributed by atoms with Crippen LogP contribution in [0.2, 0.25) is 11.4 Å². The van der Waals surface area contributed by atoms with Crippen molar-refractivity contribution >= 4 is 13.8 Å². The van der Waals surface area contributed by atoms with Crippen molar-refractivity contribution in [3.8, 4) is 0 Å². The Hall–Kier alpha value is 1.32. The van der Waals surface area contributed by atoms with Gasteiger partial charge >= 0.3 is 62.6 Å². The molecule has 6 heavy (non-hydrogen) atoms. The molecule has 0 amide bonds. The van der Waals surface area contributed by atoms with Gasteiger partial charge in [0.25, 0.3) is 0 Å². The van der Waals surface area contributed by atoms with Crippen LogP contribution >= 0.6 is 0 Å². The van der Waals surface area contributed by atoms with Crippen LogP contribution in [0, 0.1) is 0 Å². The van der Waals surface area contributed by atoms with Gasteiger partial charge in [0.15, 0.2) is 0 Å². The van der Waals surface area contributed by atoms with Crippen LogP contribution in [0.4, 0.5) is 0 Å². The van der Waals surface area contributed by atoms with Gasteiger partial charge in [0.1, 0.15) is 0 Å². The molecule has 0 saturated carbocycles. The second-order valence-corrected chi connectivity index (χ2v) is 6.72. The predicted molar refractivity (Wildman–Crippen MR) is 21.5 cm³/mol. The SMILES string of the molecule is C[As](C)(=O)O.[H-].[Na+]. The van der Waals surface area contributed by atoms with Gasteiger partial charge in [0.05, 0.1) is 0 Å². The van der Waals surface area contributed by atoms with E-state index in [1.165, 1.54) is 11.4 Å². The summed E-state index contributed by atoms with van der Waals surface area (Å²) in [5.41, 5.74) is 2.72. The number of hydrogen-bond donors (Lipinski definition) is 1. The quantitative estimate of drug-likeness (QED) is 0.391. The van der Waals surface area contributed by atoms with Crippen LogP contribution in [-0.4, -0.2) is 17.9 Å². The molecular weight excluding hydrogens is 154 g/mol. The fourth-order valence-corrected chi connectivity index (χ4v) is 0. The molecule has 4 heteroatoms. The summed E-state index contributed by atoms with van der Waals surface area (Å²) < 4.78 is 18.0. The second-order valence-electron chi connectivity index (χ2n) is 1.29. The zero-order chi connectivity index (χ0) is 4.50. The normalized spacial score (nSPS) is 9.83. The molecule has 34 valence electrons. The predicted octanol–water partition coefficient (Wildman–Crippen LogP) is -2.77. The first-order chi connectivity index (χ1) is 2.00. The Morgan fingerprint density at radius 3 is 1.67 bits per heavy atom. The van der Waals surface area contributed by atoms with Crippen LogP contribution in [0.3, 0.4) is 0 Å². The Bertz CT molecular complexity index is 61.8. The summed E-state index contributed by atoms with van der Waals surface area (Å²) in [4.78, 5) is 0. The molecule has 0 rings (SSSR count). The molecule has 0 aromatic rings. The van der Waals surface area contributed by atoms with Crippen molar-refractivity contribution in [2.75, 3.05) is 0 Å². The minimum Gasteiger partial charge on any atom is -1.00 e. The molecule has 0 aliphatic rings. The maximum absolute atomic E-state index is 9.83. The molecule has 0 fully saturated rings. The Morgan fingerprint density at radius 1 is 1.67 bits per heavy atom. The summed E-state index contributed by atoms with van der Waals surface area (Å²) in [5, 5.41) is 0. The smallest absolute Gasteiger partial charge is 1.00 e. The van der Waals surface area contributed by atoms with Gasteiger partial charge in [-0.3, -0.25) is 0 Å².